The van der Waals surface area contributed by atoms with Crippen LogP contribution in [-0.2, 0) is 36.1 Å². The van der Waals surface area contributed by atoms with E-state index in [9.17, 15) is 13.2 Å². The summed E-state index contributed by atoms with van der Waals surface area (Å²) in [6.07, 6.45) is 6.21. The molecule has 0 radical (unpaired) electrons. The molecule has 2 aromatic carbocycles. The topological polar surface area (TPSA) is 117 Å². The smallest absolute Gasteiger partial charge is 0.337 e. The van der Waals surface area contributed by atoms with Crippen molar-refractivity contribution in [2.75, 3.05) is 44.1 Å². The van der Waals surface area contributed by atoms with E-state index < -0.39 is 16.1 Å². The summed E-state index contributed by atoms with van der Waals surface area (Å²) >= 11 is 6.41. The third-order valence-electron chi connectivity index (χ3n) is 10.0. The molecule has 0 bridgehead atoms. The summed E-state index contributed by atoms with van der Waals surface area (Å²) in [7, 11) is -2.20. The Morgan fingerprint density at radius 3 is 2.80 bits per heavy atom. The van der Waals surface area contributed by atoms with E-state index in [0.29, 0.717) is 30.6 Å². The van der Waals surface area contributed by atoms with Gasteiger partial charge < -0.3 is 23.8 Å². The largest absolute Gasteiger partial charge is 0.490 e. The molecule has 11 heteroatoms. The van der Waals surface area contributed by atoms with Crippen LogP contribution in [0.4, 0.5) is 5.69 Å². The number of aryl methyl sites for hydroxylation is 1. The molecule has 1 saturated carbocycles. The molecule has 0 unspecified atom stereocenters. The fraction of sp³-hybridized carbons (Fsp3) is 0.606. The van der Waals surface area contributed by atoms with Crippen molar-refractivity contribution in [2.24, 2.45) is 17.0 Å². The van der Waals surface area contributed by atoms with Crippen molar-refractivity contribution in [3.8, 4) is 5.75 Å². The van der Waals surface area contributed by atoms with Crippen molar-refractivity contribution in [1.82, 2.24) is 0 Å². The Morgan fingerprint density at radius 2 is 2.05 bits per heavy atom. The number of esters is 1. The quantitative estimate of drug-likeness (QED) is 0.404. The Bertz CT molecular complexity index is 1490. The zero-order valence-corrected chi connectivity index (χ0v) is 27.1. The predicted octanol–water partition coefficient (Wildman–Crippen LogP) is 4.87. The number of primary sulfonamides is 1. The average Bonchev–Trinajstić information content (AvgIpc) is 3.11. The van der Waals surface area contributed by atoms with Gasteiger partial charge in [-0.25, -0.2) is 18.4 Å². The van der Waals surface area contributed by atoms with E-state index in [1.165, 1.54) is 18.2 Å². The average molecular weight is 647 g/mol. The lowest BCUT2D eigenvalue weighted by molar-refractivity contribution is -0.126. The van der Waals surface area contributed by atoms with Crippen LogP contribution in [0.15, 0.2) is 36.4 Å². The van der Waals surface area contributed by atoms with E-state index in [-0.39, 0.29) is 29.3 Å². The van der Waals surface area contributed by atoms with Crippen molar-refractivity contribution in [1.29, 1.82) is 0 Å². The molecule has 9 nitrogen and oxygen atoms in total. The molecule has 44 heavy (non-hydrogen) atoms. The van der Waals surface area contributed by atoms with E-state index in [1.807, 2.05) is 18.2 Å². The second-order valence-corrected chi connectivity index (χ2v) is 15.2. The minimum Gasteiger partial charge on any atom is -0.490 e. The van der Waals surface area contributed by atoms with Gasteiger partial charge in [0.25, 0.3) is 0 Å². The SMILES string of the molecule is COC(=O)c1ccc2c(c1)N(C[C@@H]1CC[C@H]1[C@H]1C[C@H](O[C@H](C)CS(N)(=O)=O)CCO1)C[C@@]1(CCCc3cc(Cl)ccc31)CO2. The van der Waals surface area contributed by atoms with E-state index in [2.05, 4.69) is 17.0 Å². The highest BCUT2D eigenvalue weighted by Gasteiger charge is 2.45. The molecule has 1 saturated heterocycles. The number of carbonyl (C=O) groups excluding carboxylic acids is 1. The van der Waals surface area contributed by atoms with Crippen LogP contribution in [0.25, 0.3) is 0 Å². The van der Waals surface area contributed by atoms with Gasteiger partial charge in [-0.15, -0.1) is 0 Å². The van der Waals surface area contributed by atoms with E-state index >= 15 is 0 Å². The number of hydrogen-bond acceptors (Lipinski definition) is 8. The minimum absolute atomic E-state index is 0.0461. The zero-order valence-electron chi connectivity index (χ0n) is 25.5. The molecule has 6 rings (SSSR count). The van der Waals surface area contributed by atoms with Crippen LogP contribution >= 0.6 is 11.6 Å². The number of anilines is 1. The lowest BCUT2D eigenvalue weighted by atomic mass is 9.67. The van der Waals surface area contributed by atoms with Crippen LogP contribution in [0.5, 0.6) is 5.75 Å². The molecule has 2 aromatic rings. The monoisotopic (exact) mass is 646 g/mol. The number of hydrogen-bond donors (Lipinski definition) is 1. The van der Waals surface area contributed by atoms with Crippen molar-refractivity contribution < 1.29 is 32.2 Å². The van der Waals surface area contributed by atoms with Gasteiger partial charge in [-0.3, -0.25) is 0 Å². The van der Waals surface area contributed by atoms with Gasteiger partial charge >= 0.3 is 5.97 Å². The number of sulfonamides is 1. The van der Waals surface area contributed by atoms with E-state index in [0.717, 1.165) is 74.5 Å². The number of nitrogens with zero attached hydrogens (tertiary/aromatic N) is 1. The van der Waals surface area contributed by atoms with E-state index in [1.54, 1.807) is 13.0 Å². The summed E-state index contributed by atoms with van der Waals surface area (Å²) in [4.78, 5) is 15.0. The van der Waals surface area contributed by atoms with Crippen LogP contribution in [0, 0.1) is 11.8 Å². The van der Waals surface area contributed by atoms with Gasteiger partial charge in [0.1, 0.15) is 5.75 Å². The number of ether oxygens (including phenoxy) is 4. The highest BCUT2D eigenvalue weighted by atomic mass is 35.5. The van der Waals surface area contributed by atoms with Gasteiger partial charge in [-0.1, -0.05) is 17.7 Å². The first-order valence-electron chi connectivity index (χ1n) is 15.7. The van der Waals surface area contributed by atoms with Crippen LogP contribution in [0.1, 0.15) is 66.9 Å². The number of carbonyl (C=O) groups is 1. The number of fused-ring (bicyclic) bond motifs is 3. The molecule has 4 aliphatic rings. The van der Waals surface area contributed by atoms with Crippen molar-refractivity contribution in [3.05, 3.63) is 58.1 Å². The van der Waals surface area contributed by atoms with Crippen LogP contribution in [0.2, 0.25) is 5.02 Å². The van der Waals surface area contributed by atoms with Gasteiger partial charge in [0, 0.05) is 36.6 Å². The van der Waals surface area contributed by atoms with E-state index in [4.69, 9.17) is 35.7 Å². The number of benzene rings is 2. The fourth-order valence-electron chi connectivity index (χ4n) is 7.87. The molecule has 2 aliphatic carbocycles. The number of methoxy groups -OCH3 is 1. The third kappa shape index (κ3) is 6.75. The molecule has 1 spiro atoms. The molecule has 240 valence electrons. The summed E-state index contributed by atoms with van der Waals surface area (Å²) in [6.45, 7) is 4.48. The summed E-state index contributed by atoms with van der Waals surface area (Å²) in [5.41, 5.74) is 3.80. The molecule has 2 fully saturated rings. The van der Waals surface area contributed by atoms with Crippen LogP contribution in [0.3, 0.4) is 0 Å². The Hall–Kier alpha value is -2.37. The maximum Gasteiger partial charge on any atom is 0.337 e. The van der Waals surface area contributed by atoms with Crippen molar-refractivity contribution >= 4 is 33.3 Å². The standard InChI is InChI=1S/C33H43ClN2O7S/c1-21(18-44(35,38)39)43-26-11-13-41-31(16-26)27-8-5-24(27)17-36-19-33(12-3-4-22-14-25(34)7-9-28(22)33)20-42-30-10-6-23(15-29(30)36)32(37)40-2/h6-7,9-10,14-15,21,24,26-27,31H,3-5,8,11-13,16-20H2,1-2H3,(H2,35,38,39)/t21-,24+,26-,27-,31-,33+/m1/s1. The Kier molecular flexibility index (Phi) is 9.19. The summed E-state index contributed by atoms with van der Waals surface area (Å²) in [6, 6.07) is 11.8. The molecule has 6 atom stereocenters. The highest BCUT2D eigenvalue weighted by molar-refractivity contribution is 7.89. The highest BCUT2D eigenvalue weighted by Crippen LogP contribution is 2.47. The van der Waals surface area contributed by atoms with Crippen molar-refractivity contribution in [3.63, 3.8) is 0 Å². The molecule has 2 heterocycles. The first kappa shape index (κ1) is 31.6. The Balaban J connectivity index is 1.24. The first-order valence-corrected chi connectivity index (χ1v) is 17.8. The van der Waals surface area contributed by atoms with Gasteiger partial charge in [0.15, 0.2) is 0 Å². The summed E-state index contributed by atoms with van der Waals surface area (Å²) in [5, 5.41) is 5.99. The number of rotatable bonds is 8. The fourth-order valence-corrected chi connectivity index (χ4v) is 8.79. The maximum absolute atomic E-state index is 12.6. The lowest BCUT2D eigenvalue weighted by Crippen LogP contribution is -2.51. The number of nitrogens with two attached hydrogens (primary N) is 1. The second kappa shape index (κ2) is 12.8. The van der Waals surface area contributed by atoms with Gasteiger partial charge in [0.2, 0.25) is 10.0 Å². The lowest BCUT2D eigenvalue weighted by Gasteiger charge is -2.48. The molecule has 2 aliphatic heterocycles. The molecular formula is C33H43ClN2O7S. The second-order valence-electron chi connectivity index (χ2n) is 13.1. The molecule has 0 aromatic heterocycles. The predicted molar refractivity (Wildman–Crippen MR) is 169 cm³/mol. The summed E-state index contributed by atoms with van der Waals surface area (Å²) in [5.74, 6) is 0.961. The van der Waals surface area contributed by atoms with Gasteiger partial charge in [-0.05, 0) is 98.7 Å². The first-order chi connectivity index (χ1) is 21.0. The zero-order chi connectivity index (χ0) is 31.1. The van der Waals surface area contributed by atoms with Crippen molar-refractivity contribution in [2.45, 2.75) is 75.6 Å². The van der Waals surface area contributed by atoms with Gasteiger partial charge in [0.05, 0.1) is 49.0 Å². The molecule has 2 N–H and O–H groups in total. The Labute approximate surface area is 265 Å². The molecular weight excluding hydrogens is 604 g/mol. The molecule has 0 amide bonds. The maximum atomic E-state index is 12.6. The number of halogens is 1. The minimum atomic E-state index is -3.60. The Morgan fingerprint density at radius 1 is 1.20 bits per heavy atom. The third-order valence-corrected chi connectivity index (χ3v) is 11.2. The normalized spacial score (nSPS) is 29.0. The summed E-state index contributed by atoms with van der Waals surface area (Å²) < 4.78 is 47.1. The van der Waals surface area contributed by atoms with Crippen LogP contribution < -0.4 is 14.8 Å². The van der Waals surface area contributed by atoms with Crippen LogP contribution in [-0.4, -0.2) is 71.9 Å². The van der Waals surface area contributed by atoms with Gasteiger partial charge in [-0.2, -0.15) is 0 Å².